The monoisotopic (exact) mass is 474 g/mol. The predicted octanol–water partition coefficient (Wildman–Crippen LogP) is 2.36. The molecular weight excluding hydrogens is 453 g/mol. The Morgan fingerprint density at radius 1 is 1.21 bits per heavy atom. The fourth-order valence-corrected chi connectivity index (χ4v) is 3.93. The van der Waals surface area contributed by atoms with Gasteiger partial charge in [0.15, 0.2) is 11.5 Å². The minimum atomic E-state index is -4.62. The second-order valence-corrected chi connectivity index (χ2v) is 8.01. The summed E-state index contributed by atoms with van der Waals surface area (Å²) in [5.41, 5.74) is -0.395. The maximum Gasteiger partial charge on any atom is 0.418 e. The summed E-state index contributed by atoms with van der Waals surface area (Å²) in [6.45, 7) is 3.38. The van der Waals surface area contributed by atoms with Crippen LogP contribution in [0.2, 0.25) is 0 Å². The van der Waals surface area contributed by atoms with Crippen molar-refractivity contribution in [1.82, 2.24) is 34.3 Å². The summed E-state index contributed by atoms with van der Waals surface area (Å²) in [6.07, 6.45) is -1.37. The molecule has 178 valence electrons. The Morgan fingerprint density at radius 2 is 1.97 bits per heavy atom. The molecular formula is C21H21F3N8O2. The molecule has 1 saturated heterocycles. The van der Waals surface area contributed by atoms with Gasteiger partial charge in [0.05, 0.1) is 36.1 Å². The minimum absolute atomic E-state index is 0.0176. The number of rotatable bonds is 4. The van der Waals surface area contributed by atoms with Crippen molar-refractivity contribution >= 4 is 28.4 Å². The van der Waals surface area contributed by atoms with E-state index < -0.39 is 17.8 Å². The molecule has 1 aromatic carbocycles. The van der Waals surface area contributed by atoms with Gasteiger partial charge in [-0.15, -0.1) is 5.10 Å². The van der Waals surface area contributed by atoms with Crippen LogP contribution in [0.15, 0.2) is 30.6 Å². The lowest BCUT2D eigenvalue weighted by Crippen LogP contribution is -2.47. The van der Waals surface area contributed by atoms with Crippen LogP contribution in [0, 0.1) is 0 Å². The van der Waals surface area contributed by atoms with E-state index in [1.165, 1.54) is 16.6 Å². The van der Waals surface area contributed by atoms with Gasteiger partial charge in [-0.1, -0.05) is 6.07 Å². The number of nitrogens with one attached hydrogen (secondary N) is 1. The first-order valence-corrected chi connectivity index (χ1v) is 10.6. The number of para-hydroxylation sites is 1. The quantitative estimate of drug-likeness (QED) is 0.484. The van der Waals surface area contributed by atoms with E-state index in [-0.39, 0.29) is 34.2 Å². The molecule has 4 aromatic rings. The van der Waals surface area contributed by atoms with E-state index in [1.807, 2.05) is 0 Å². The molecule has 0 saturated carbocycles. The van der Waals surface area contributed by atoms with E-state index in [0.717, 1.165) is 6.07 Å². The Morgan fingerprint density at radius 3 is 2.65 bits per heavy atom. The number of nitrogens with zero attached hydrogens (tertiary/aromatic N) is 7. The molecule has 5 rings (SSSR count). The minimum Gasteiger partial charge on any atom is -0.378 e. The average molecular weight is 474 g/mol. The summed E-state index contributed by atoms with van der Waals surface area (Å²) in [6, 6.07) is 3.02. The first-order valence-electron chi connectivity index (χ1n) is 10.6. The molecule has 34 heavy (non-hydrogen) atoms. The largest absolute Gasteiger partial charge is 0.418 e. The number of morpholine rings is 1. The van der Waals surface area contributed by atoms with Crippen molar-refractivity contribution in [3.63, 3.8) is 0 Å². The fourth-order valence-electron chi connectivity index (χ4n) is 3.93. The Kier molecular flexibility index (Phi) is 5.35. The molecule has 1 aliphatic rings. The highest BCUT2D eigenvalue weighted by molar-refractivity contribution is 5.95. The van der Waals surface area contributed by atoms with Gasteiger partial charge in [0, 0.05) is 31.7 Å². The van der Waals surface area contributed by atoms with E-state index in [4.69, 9.17) is 4.74 Å². The molecule has 0 radical (unpaired) electrons. The lowest BCUT2D eigenvalue weighted by molar-refractivity contribution is -0.137. The summed E-state index contributed by atoms with van der Waals surface area (Å²) >= 11 is 0. The standard InChI is InChI=1S/C21H21F3N8O2/c1-12(19(33)31-6-8-34-9-7-31)26-20-27-16-14(4-3-5-15(16)21(22,23)24)18-28-17(29-32(18)20)13-10-25-30(2)11-13/h3-5,10-12H,6-9H2,1-2H3,(H,26,27). The van der Waals surface area contributed by atoms with Crippen LogP contribution < -0.4 is 5.32 Å². The van der Waals surface area contributed by atoms with Gasteiger partial charge < -0.3 is 15.0 Å². The average Bonchev–Trinajstić information content (AvgIpc) is 3.45. The van der Waals surface area contributed by atoms with Gasteiger partial charge in [-0.25, -0.2) is 9.97 Å². The number of carbonyl (C=O) groups excluding carboxylic acids is 1. The van der Waals surface area contributed by atoms with E-state index in [9.17, 15) is 18.0 Å². The Labute approximate surface area is 191 Å². The normalized spacial score (nSPS) is 15.7. The molecule has 1 atom stereocenters. The number of alkyl halides is 3. The number of halogens is 3. The first kappa shape index (κ1) is 22.1. The van der Waals surface area contributed by atoms with Crippen molar-refractivity contribution in [3.05, 3.63) is 36.2 Å². The third-order valence-corrected chi connectivity index (χ3v) is 5.61. The van der Waals surface area contributed by atoms with Gasteiger partial charge in [0.2, 0.25) is 11.9 Å². The topological polar surface area (TPSA) is 102 Å². The molecule has 1 N–H and O–H groups in total. The molecule has 3 aromatic heterocycles. The van der Waals surface area contributed by atoms with E-state index in [0.29, 0.717) is 31.9 Å². The van der Waals surface area contributed by atoms with Crippen molar-refractivity contribution in [2.75, 3.05) is 31.6 Å². The molecule has 0 spiro atoms. The number of carbonyl (C=O) groups is 1. The molecule has 0 bridgehead atoms. The number of hydrogen-bond acceptors (Lipinski definition) is 7. The summed E-state index contributed by atoms with van der Waals surface area (Å²) < 4.78 is 49.5. The number of hydrogen-bond donors (Lipinski definition) is 1. The highest BCUT2D eigenvalue weighted by Crippen LogP contribution is 2.36. The Bertz CT molecular complexity index is 1370. The predicted molar refractivity (Wildman–Crippen MR) is 116 cm³/mol. The second kappa shape index (κ2) is 8.24. The van der Waals surface area contributed by atoms with Crippen LogP contribution in [0.1, 0.15) is 12.5 Å². The molecule has 1 unspecified atom stereocenters. The molecule has 1 amide bonds. The fraction of sp³-hybridized carbons (Fsp3) is 0.381. The second-order valence-electron chi connectivity index (χ2n) is 8.01. The molecule has 13 heteroatoms. The van der Waals surface area contributed by atoms with Crippen LogP contribution in [0.3, 0.4) is 0 Å². The maximum atomic E-state index is 13.8. The van der Waals surface area contributed by atoms with Crippen molar-refractivity contribution < 1.29 is 22.7 Å². The molecule has 10 nitrogen and oxygen atoms in total. The SMILES string of the molecule is CC(Nc1nc2c(C(F)(F)F)cccc2c2nc(-c3cnn(C)c3)nn12)C(=O)N1CCOCC1. The van der Waals surface area contributed by atoms with Crippen LogP contribution in [-0.2, 0) is 22.8 Å². The number of aryl methyl sites for hydroxylation is 1. The van der Waals surface area contributed by atoms with E-state index in [2.05, 4.69) is 25.5 Å². The number of aromatic nitrogens is 6. The number of benzene rings is 1. The van der Waals surface area contributed by atoms with Crippen molar-refractivity contribution in [2.24, 2.45) is 7.05 Å². The van der Waals surface area contributed by atoms with Gasteiger partial charge in [-0.2, -0.15) is 22.8 Å². The van der Waals surface area contributed by atoms with Crippen molar-refractivity contribution in [2.45, 2.75) is 19.1 Å². The number of amides is 1. The lowest BCUT2D eigenvalue weighted by Gasteiger charge is -2.29. The van der Waals surface area contributed by atoms with Gasteiger partial charge in [0.1, 0.15) is 6.04 Å². The zero-order valence-corrected chi connectivity index (χ0v) is 18.4. The molecule has 0 aliphatic carbocycles. The van der Waals surface area contributed by atoms with Crippen LogP contribution in [0.5, 0.6) is 0 Å². The maximum absolute atomic E-state index is 13.8. The van der Waals surface area contributed by atoms with Crippen molar-refractivity contribution in [3.8, 4) is 11.4 Å². The van der Waals surface area contributed by atoms with Crippen LogP contribution >= 0.6 is 0 Å². The zero-order chi connectivity index (χ0) is 24.0. The number of anilines is 1. The lowest BCUT2D eigenvalue weighted by atomic mass is 10.1. The van der Waals surface area contributed by atoms with Gasteiger partial charge in [0.25, 0.3) is 0 Å². The first-order chi connectivity index (χ1) is 16.2. The number of ether oxygens (including phenoxy) is 1. The third-order valence-electron chi connectivity index (χ3n) is 5.61. The highest BCUT2D eigenvalue weighted by Gasteiger charge is 2.34. The smallest absolute Gasteiger partial charge is 0.378 e. The van der Waals surface area contributed by atoms with Gasteiger partial charge in [-0.05, 0) is 19.1 Å². The summed E-state index contributed by atoms with van der Waals surface area (Å²) in [7, 11) is 1.73. The Balaban J connectivity index is 1.65. The zero-order valence-electron chi connectivity index (χ0n) is 18.4. The van der Waals surface area contributed by atoms with E-state index >= 15 is 0 Å². The van der Waals surface area contributed by atoms with Gasteiger partial charge >= 0.3 is 6.18 Å². The summed E-state index contributed by atoms with van der Waals surface area (Å²) in [5, 5.41) is 11.7. The molecule has 1 aliphatic heterocycles. The van der Waals surface area contributed by atoms with Crippen LogP contribution in [-0.4, -0.2) is 72.5 Å². The summed E-state index contributed by atoms with van der Waals surface area (Å²) in [4.78, 5) is 23.3. The molecule has 4 heterocycles. The van der Waals surface area contributed by atoms with Crippen LogP contribution in [0.25, 0.3) is 27.9 Å². The molecule has 1 fully saturated rings. The highest BCUT2D eigenvalue weighted by atomic mass is 19.4. The van der Waals surface area contributed by atoms with Gasteiger partial charge in [-0.3, -0.25) is 9.48 Å². The summed E-state index contributed by atoms with van der Waals surface area (Å²) in [5.74, 6) is 0.0426. The third kappa shape index (κ3) is 3.91. The number of fused-ring (bicyclic) bond motifs is 3. The van der Waals surface area contributed by atoms with Crippen molar-refractivity contribution in [1.29, 1.82) is 0 Å². The Hall–Kier alpha value is -3.74. The van der Waals surface area contributed by atoms with Crippen LogP contribution in [0.4, 0.5) is 19.1 Å². The van der Waals surface area contributed by atoms with E-state index in [1.54, 1.807) is 35.9 Å².